The van der Waals surface area contributed by atoms with E-state index in [1.807, 2.05) is 24.3 Å². The zero-order valence-electron chi connectivity index (χ0n) is 12.8. The lowest BCUT2D eigenvalue weighted by atomic mass is 10.0. The minimum absolute atomic E-state index is 0.155. The van der Waals surface area contributed by atoms with Crippen LogP contribution in [0.2, 0.25) is 0 Å². The second-order valence-corrected chi connectivity index (χ2v) is 6.74. The van der Waals surface area contributed by atoms with Gasteiger partial charge in [-0.25, -0.2) is 4.79 Å². The second-order valence-electron chi connectivity index (χ2n) is 6.74. The highest BCUT2D eigenvalue weighted by molar-refractivity contribution is 5.89. The van der Waals surface area contributed by atoms with Gasteiger partial charge in [-0.1, -0.05) is 39.8 Å². The Kier molecular flexibility index (Phi) is 3.78. The largest absolute Gasteiger partial charge is 0.338 e. The minimum atomic E-state index is -0.155. The Morgan fingerprint density at radius 2 is 1.90 bits per heavy atom. The van der Waals surface area contributed by atoms with Gasteiger partial charge >= 0.3 is 6.03 Å². The van der Waals surface area contributed by atoms with Gasteiger partial charge in [-0.15, -0.1) is 0 Å². The summed E-state index contributed by atoms with van der Waals surface area (Å²) in [6.45, 7) is 10.2. The van der Waals surface area contributed by atoms with E-state index in [1.165, 1.54) is 0 Å². The van der Waals surface area contributed by atoms with E-state index in [-0.39, 0.29) is 6.03 Å². The van der Waals surface area contributed by atoms with E-state index in [0.29, 0.717) is 29.8 Å². The first kappa shape index (κ1) is 14.9. The van der Waals surface area contributed by atoms with Crippen molar-refractivity contribution in [3.63, 3.8) is 0 Å². The lowest BCUT2D eigenvalue weighted by Crippen LogP contribution is -2.31. The van der Waals surface area contributed by atoms with Gasteiger partial charge in [0, 0.05) is 18.8 Å². The molecule has 20 heavy (non-hydrogen) atoms. The zero-order valence-corrected chi connectivity index (χ0v) is 12.8. The summed E-state index contributed by atoms with van der Waals surface area (Å²) < 4.78 is 0. The van der Waals surface area contributed by atoms with Crippen LogP contribution in [0.4, 0.5) is 10.5 Å². The number of nitrogens with two attached hydrogens (primary N) is 1. The van der Waals surface area contributed by atoms with Crippen molar-refractivity contribution in [2.45, 2.75) is 34.2 Å². The van der Waals surface area contributed by atoms with Crippen LogP contribution in [-0.4, -0.2) is 12.6 Å². The van der Waals surface area contributed by atoms with Crippen LogP contribution in [0.3, 0.4) is 0 Å². The van der Waals surface area contributed by atoms with E-state index >= 15 is 0 Å². The average Bonchev–Trinajstić information content (AvgIpc) is 2.77. The minimum Gasteiger partial charge on any atom is -0.338 e. The Morgan fingerprint density at radius 3 is 2.45 bits per heavy atom. The van der Waals surface area contributed by atoms with Gasteiger partial charge in [0.25, 0.3) is 0 Å². The van der Waals surface area contributed by atoms with E-state index in [2.05, 4.69) is 38.3 Å². The third-order valence-electron chi connectivity index (χ3n) is 5.21. The van der Waals surface area contributed by atoms with E-state index in [1.54, 1.807) is 0 Å². The molecule has 1 aromatic rings. The molecule has 0 radical (unpaired) electrons. The van der Waals surface area contributed by atoms with Gasteiger partial charge in [-0.2, -0.15) is 0 Å². The summed E-state index contributed by atoms with van der Waals surface area (Å²) >= 11 is 0. The molecular weight excluding hydrogens is 250 g/mol. The topological polar surface area (TPSA) is 67.2 Å². The molecule has 0 atom stereocenters. The first-order valence-corrected chi connectivity index (χ1v) is 7.13. The molecule has 1 aromatic carbocycles. The monoisotopic (exact) mass is 275 g/mol. The molecule has 110 valence electrons. The summed E-state index contributed by atoms with van der Waals surface area (Å²) in [5.41, 5.74) is 7.95. The van der Waals surface area contributed by atoms with Crippen molar-refractivity contribution in [1.29, 1.82) is 0 Å². The highest BCUT2D eigenvalue weighted by atomic mass is 16.2. The van der Waals surface area contributed by atoms with Crippen LogP contribution < -0.4 is 16.4 Å². The summed E-state index contributed by atoms with van der Waals surface area (Å²) in [7, 11) is 0. The third-order valence-corrected chi connectivity index (χ3v) is 5.21. The van der Waals surface area contributed by atoms with Crippen LogP contribution in [0.25, 0.3) is 0 Å². The molecule has 2 amide bonds. The fraction of sp³-hybridized carbons (Fsp3) is 0.562. The maximum Gasteiger partial charge on any atom is 0.319 e. The third kappa shape index (κ3) is 2.66. The normalized spacial score (nSPS) is 19.4. The molecule has 1 aliphatic carbocycles. The number of hydrogen-bond donors (Lipinski definition) is 3. The molecule has 4 heteroatoms. The molecule has 0 bridgehead atoms. The lowest BCUT2D eigenvalue weighted by Gasteiger charge is -2.09. The average molecular weight is 275 g/mol. The predicted molar refractivity (Wildman–Crippen MR) is 82.4 cm³/mol. The van der Waals surface area contributed by atoms with E-state index in [4.69, 9.17) is 5.73 Å². The molecule has 0 unspecified atom stereocenters. The van der Waals surface area contributed by atoms with Crippen LogP contribution in [0.5, 0.6) is 0 Å². The fourth-order valence-electron chi connectivity index (χ4n) is 2.99. The van der Waals surface area contributed by atoms with Gasteiger partial charge in [-0.05, 0) is 34.4 Å². The fourth-order valence-corrected chi connectivity index (χ4v) is 2.99. The molecule has 1 fully saturated rings. The molecule has 1 saturated carbocycles. The smallest absolute Gasteiger partial charge is 0.319 e. The summed E-state index contributed by atoms with van der Waals surface area (Å²) in [5, 5.41) is 5.81. The molecule has 1 aliphatic rings. The number of hydrogen-bond acceptors (Lipinski definition) is 2. The molecule has 4 N–H and O–H groups in total. The first-order chi connectivity index (χ1) is 9.29. The van der Waals surface area contributed by atoms with Crippen molar-refractivity contribution < 1.29 is 4.79 Å². The Balaban J connectivity index is 1.85. The Hall–Kier alpha value is -1.55. The van der Waals surface area contributed by atoms with E-state index < -0.39 is 0 Å². The number of anilines is 1. The van der Waals surface area contributed by atoms with Crippen molar-refractivity contribution in [2.75, 3.05) is 11.9 Å². The van der Waals surface area contributed by atoms with Gasteiger partial charge < -0.3 is 16.4 Å². The lowest BCUT2D eigenvalue weighted by molar-refractivity contribution is 0.251. The maximum atomic E-state index is 11.9. The quantitative estimate of drug-likeness (QED) is 0.791. The number of carbonyl (C=O) groups excluding carboxylic acids is 1. The molecule has 2 rings (SSSR count). The number of carbonyl (C=O) groups is 1. The molecule has 0 heterocycles. The van der Waals surface area contributed by atoms with Gasteiger partial charge in [0.15, 0.2) is 0 Å². The maximum absolute atomic E-state index is 11.9. The second kappa shape index (κ2) is 5.09. The van der Waals surface area contributed by atoms with Gasteiger partial charge in [-0.3, -0.25) is 0 Å². The van der Waals surface area contributed by atoms with Crippen LogP contribution in [0.15, 0.2) is 24.3 Å². The molecule has 0 aliphatic heterocycles. The van der Waals surface area contributed by atoms with Gasteiger partial charge in [0.05, 0.1) is 0 Å². The predicted octanol–water partition coefficient (Wildman–Crippen LogP) is 2.95. The van der Waals surface area contributed by atoms with Crippen LogP contribution in [0, 0.1) is 16.7 Å². The number of nitrogens with one attached hydrogen (secondary N) is 2. The van der Waals surface area contributed by atoms with Crippen LogP contribution in [0.1, 0.15) is 33.3 Å². The highest BCUT2D eigenvalue weighted by Crippen LogP contribution is 2.67. The van der Waals surface area contributed by atoms with Crippen molar-refractivity contribution >= 4 is 11.7 Å². The Bertz CT molecular complexity index is 494. The van der Waals surface area contributed by atoms with Gasteiger partial charge in [0.2, 0.25) is 0 Å². The highest BCUT2D eigenvalue weighted by Gasteiger charge is 2.64. The van der Waals surface area contributed by atoms with Crippen molar-refractivity contribution in [1.82, 2.24) is 5.32 Å². The number of amides is 2. The summed E-state index contributed by atoms with van der Waals surface area (Å²) in [5.74, 6) is 0.524. The van der Waals surface area contributed by atoms with Crippen molar-refractivity contribution in [3.8, 4) is 0 Å². The SMILES string of the molecule is CC1(C)C(CNC(=O)Nc2cccc(CN)c2)C1(C)C. The Labute approximate surface area is 121 Å². The molecule has 4 nitrogen and oxygen atoms in total. The standard InChI is InChI=1S/C16H25N3O/c1-15(2)13(16(15,3)4)10-18-14(20)19-12-7-5-6-11(8-12)9-17/h5-8,13H,9-10,17H2,1-4H3,(H2,18,19,20). The first-order valence-electron chi connectivity index (χ1n) is 7.13. The van der Waals surface area contributed by atoms with Gasteiger partial charge in [0.1, 0.15) is 0 Å². The molecule has 0 saturated heterocycles. The van der Waals surface area contributed by atoms with E-state index in [0.717, 1.165) is 11.3 Å². The number of urea groups is 1. The van der Waals surface area contributed by atoms with Crippen LogP contribution >= 0.6 is 0 Å². The molecular formula is C16H25N3O. The summed E-state index contributed by atoms with van der Waals surface area (Å²) in [4.78, 5) is 11.9. The summed E-state index contributed by atoms with van der Waals surface area (Å²) in [6, 6.07) is 7.44. The summed E-state index contributed by atoms with van der Waals surface area (Å²) in [6.07, 6.45) is 0. The Morgan fingerprint density at radius 1 is 1.25 bits per heavy atom. The van der Waals surface area contributed by atoms with Crippen molar-refractivity contribution in [3.05, 3.63) is 29.8 Å². The van der Waals surface area contributed by atoms with Crippen molar-refractivity contribution in [2.24, 2.45) is 22.5 Å². The number of benzene rings is 1. The molecule has 0 aromatic heterocycles. The zero-order chi connectivity index (χ0) is 15.0. The van der Waals surface area contributed by atoms with Crippen LogP contribution in [-0.2, 0) is 6.54 Å². The van der Waals surface area contributed by atoms with E-state index in [9.17, 15) is 4.79 Å². The number of rotatable bonds is 4. The molecule has 0 spiro atoms.